The molecule has 0 atom stereocenters. The van der Waals surface area contributed by atoms with Crippen molar-refractivity contribution in [1.29, 1.82) is 0 Å². The maximum absolute atomic E-state index is 11.9. The second-order valence-corrected chi connectivity index (χ2v) is 5.60. The maximum atomic E-state index is 11.9. The van der Waals surface area contributed by atoms with Crippen LogP contribution in [-0.4, -0.2) is 28.7 Å². The minimum atomic E-state index is -3.37. The molecule has 96 valence electrons. The Labute approximate surface area is 103 Å². The van der Waals surface area contributed by atoms with Crippen molar-refractivity contribution in [3.8, 4) is 0 Å². The highest BCUT2D eigenvalue weighted by Crippen LogP contribution is 2.13. The molecular formula is C12H19NO3S. The van der Waals surface area contributed by atoms with Crippen LogP contribution in [0, 0.1) is 6.92 Å². The van der Waals surface area contributed by atoms with Crippen LogP contribution in [0.15, 0.2) is 29.2 Å². The molecule has 0 aromatic heterocycles. The Bertz CT molecular complexity index is 443. The predicted molar refractivity (Wildman–Crippen MR) is 67.5 cm³/mol. The van der Waals surface area contributed by atoms with Crippen LogP contribution >= 0.6 is 0 Å². The Kier molecular flexibility index (Phi) is 5.61. The predicted octanol–water partition coefficient (Wildman–Crippen LogP) is 1.70. The van der Waals surface area contributed by atoms with E-state index in [-0.39, 0.29) is 0 Å². The van der Waals surface area contributed by atoms with Gasteiger partial charge in [0.25, 0.3) is 0 Å². The molecule has 0 fully saturated rings. The zero-order valence-corrected chi connectivity index (χ0v) is 11.1. The van der Waals surface area contributed by atoms with E-state index in [1.807, 2.05) is 6.07 Å². The van der Waals surface area contributed by atoms with E-state index in [0.717, 1.165) is 18.4 Å². The number of benzene rings is 1. The second-order valence-electron chi connectivity index (χ2n) is 3.86. The molecule has 0 aliphatic heterocycles. The highest BCUT2D eigenvalue weighted by Gasteiger charge is 2.14. The summed E-state index contributed by atoms with van der Waals surface area (Å²) in [6.45, 7) is 2.89. The number of hydrogen-bond acceptors (Lipinski definition) is 3. The number of sulfonamides is 1. The van der Waals surface area contributed by atoms with Gasteiger partial charge in [-0.1, -0.05) is 18.2 Å². The Balaban J connectivity index is 2.55. The molecule has 0 aliphatic carbocycles. The number of methoxy groups -OCH3 is 1. The zero-order chi connectivity index (χ0) is 12.7. The number of aryl methyl sites for hydroxylation is 1. The first-order valence-corrected chi connectivity index (χ1v) is 7.10. The van der Waals surface area contributed by atoms with Crippen LogP contribution in [0.25, 0.3) is 0 Å². The highest BCUT2D eigenvalue weighted by molar-refractivity contribution is 7.89. The quantitative estimate of drug-likeness (QED) is 0.756. The van der Waals surface area contributed by atoms with Crippen molar-refractivity contribution in [3.05, 3.63) is 29.8 Å². The van der Waals surface area contributed by atoms with E-state index < -0.39 is 10.0 Å². The van der Waals surface area contributed by atoms with Crippen molar-refractivity contribution in [2.45, 2.75) is 24.7 Å². The summed E-state index contributed by atoms with van der Waals surface area (Å²) in [7, 11) is -1.73. The molecule has 0 aliphatic rings. The molecular weight excluding hydrogens is 238 g/mol. The number of nitrogens with one attached hydrogen (secondary N) is 1. The van der Waals surface area contributed by atoms with Crippen LogP contribution < -0.4 is 4.72 Å². The van der Waals surface area contributed by atoms with E-state index in [9.17, 15) is 8.42 Å². The lowest BCUT2D eigenvalue weighted by molar-refractivity contribution is 0.193. The minimum absolute atomic E-state index is 0.353. The normalized spacial score (nSPS) is 11.6. The first-order valence-electron chi connectivity index (χ1n) is 5.62. The Morgan fingerprint density at radius 1 is 1.24 bits per heavy atom. The van der Waals surface area contributed by atoms with Crippen molar-refractivity contribution in [3.63, 3.8) is 0 Å². The van der Waals surface area contributed by atoms with Crippen LogP contribution in [0.4, 0.5) is 0 Å². The van der Waals surface area contributed by atoms with E-state index in [1.165, 1.54) is 0 Å². The minimum Gasteiger partial charge on any atom is -0.385 e. The molecule has 1 aromatic carbocycles. The van der Waals surface area contributed by atoms with Crippen LogP contribution in [0.3, 0.4) is 0 Å². The average Bonchev–Trinajstić information content (AvgIpc) is 2.29. The van der Waals surface area contributed by atoms with Gasteiger partial charge >= 0.3 is 0 Å². The molecule has 1 aromatic rings. The molecule has 0 amide bonds. The van der Waals surface area contributed by atoms with Gasteiger partial charge in [-0.15, -0.1) is 0 Å². The van der Waals surface area contributed by atoms with Gasteiger partial charge in [0.1, 0.15) is 0 Å². The fourth-order valence-corrected chi connectivity index (χ4v) is 2.83. The van der Waals surface area contributed by atoms with E-state index in [0.29, 0.717) is 18.0 Å². The van der Waals surface area contributed by atoms with E-state index in [2.05, 4.69) is 4.72 Å². The summed E-state index contributed by atoms with van der Waals surface area (Å²) in [4.78, 5) is 0.353. The smallest absolute Gasteiger partial charge is 0.240 e. The van der Waals surface area contributed by atoms with Crippen molar-refractivity contribution < 1.29 is 13.2 Å². The highest BCUT2D eigenvalue weighted by atomic mass is 32.2. The number of rotatable bonds is 7. The van der Waals surface area contributed by atoms with Gasteiger partial charge in [0, 0.05) is 20.3 Å². The first-order chi connectivity index (χ1) is 8.08. The molecule has 5 heteroatoms. The molecule has 0 saturated carbocycles. The third kappa shape index (κ3) is 4.46. The fraction of sp³-hybridized carbons (Fsp3) is 0.500. The Hall–Kier alpha value is -0.910. The van der Waals surface area contributed by atoms with Gasteiger partial charge in [-0.2, -0.15) is 0 Å². The van der Waals surface area contributed by atoms with E-state index >= 15 is 0 Å². The van der Waals surface area contributed by atoms with Crippen molar-refractivity contribution in [2.75, 3.05) is 20.3 Å². The summed E-state index contributed by atoms with van der Waals surface area (Å²) >= 11 is 0. The molecule has 17 heavy (non-hydrogen) atoms. The summed E-state index contributed by atoms with van der Waals surface area (Å²) in [5.41, 5.74) is 0.761. The summed E-state index contributed by atoms with van der Waals surface area (Å²) in [5.74, 6) is 0. The lowest BCUT2D eigenvalue weighted by Gasteiger charge is -2.08. The average molecular weight is 257 g/mol. The molecule has 0 radical (unpaired) electrons. The third-order valence-corrected chi connectivity index (χ3v) is 4.07. The van der Waals surface area contributed by atoms with Gasteiger partial charge in [-0.05, 0) is 31.4 Å². The number of hydrogen-bond donors (Lipinski definition) is 1. The monoisotopic (exact) mass is 257 g/mol. The largest absolute Gasteiger partial charge is 0.385 e. The van der Waals surface area contributed by atoms with Gasteiger partial charge < -0.3 is 4.74 Å². The molecule has 0 heterocycles. The molecule has 1 rings (SSSR count). The van der Waals surface area contributed by atoms with Crippen LogP contribution in [0.2, 0.25) is 0 Å². The van der Waals surface area contributed by atoms with Crippen molar-refractivity contribution in [2.24, 2.45) is 0 Å². The molecule has 0 unspecified atom stereocenters. The Morgan fingerprint density at radius 2 is 1.94 bits per heavy atom. The van der Waals surface area contributed by atoms with Crippen LogP contribution in [-0.2, 0) is 14.8 Å². The van der Waals surface area contributed by atoms with Crippen LogP contribution in [0.1, 0.15) is 18.4 Å². The van der Waals surface area contributed by atoms with Gasteiger partial charge in [-0.3, -0.25) is 0 Å². The van der Waals surface area contributed by atoms with E-state index in [1.54, 1.807) is 32.2 Å². The topological polar surface area (TPSA) is 55.4 Å². The summed E-state index contributed by atoms with van der Waals surface area (Å²) < 4.78 is 31.4. The lowest BCUT2D eigenvalue weighted by Crippen LogP contribution is -2.25. The molecule has 0 saturated heterocycles. The summed E-state index contributed by atoms with van der Waals surface area (Å²) in [6, 6.07) is 6.96. The number of unbranched alkanes of at least 4 members (excludes halogenated alkanes) is 1. The standard InChI is InChI=1S/C12H19NO3S/c1-11-7-3-4-8-12(11)17(14,15)13-9-5-6-10-16-2/h3-4,7-8,13H,5-6,9-10H2,1-2H3. The molecule has 4 nitrogen and oxygen atoms in total. The first kappa shape index (κ1) is 14.2. The second kappa shape index (κ2) is 6.74. The van der Waals surface area contributed by atoms with E-state index in [4.69, 9.17) is 4.74 Å². The van der Waals surface area contributed by atoms with Gasteiger partial charge in [-0.25, -0.2) is 13.1 Å². The van der Waals surface area contributed by atoms with Gasteiger partial charge in [0.2, 0.25) is 10.0 Å². The third-order valence-electron chi connectivity index (χ3n) is 2.45. The SMILES string of the molecule is COCCCCNS(=O)(=O)c1ccccc1C. The maximum Gasteiger partial charge on any atom is 0.240 e. The van der Waals surface area contributed by atoms with Crippen LogP contribution in [0.5, 0.6) is 0 Å². The lowest BCUT2D eigenvalue weighted by atomic mass is 10.2. The zero-order valence-electron chi connectivity index (χ0n) is 10.3. The van der Waals surface area contributed by atoms with Gasteiger partial charge in [0.15, 0.2) is 0 Å². The fourth-order valence-electron chi connectivity index (χ4n) is 1.51. The number of ether oxygens (including phenoxy) is 1. The molecule has 0 bridgehead atoms. The summed E-state index contributed by atoms with van der Waals surface area (Å²) in [5, 5.41) is 0. The van der Waals surface area contributed by atoms with Crippen molar-refractivity contribution in [1.82, 2.24) is 4.72 Å². The summed E-state index contributed by atoms with van der Waals surface area (Å²) in [6.07, 6.45) is 1.63. The molecule has 0 spiro atoms. The molecule has 1 N–H and O–H groups in total. The Morgan fingerprint density at radius 3 is 2.59 bits per heavy atom. The van der Waals surface area contributed by atoms with Crippen molar-refractivity contribution >= 4 is 10.0 Å². The van der Waals surface area contributed by atoms with Gasteiger partial charge in [0.05, 0.1) is 4.90 Å².